The fourth-order valence-electron chi connectivity index (χ4n) is 3.35. The van der Waals surface area contributed by atoms with Crippen molar-refractivity contribution in [3.63, 3.8) is 0 Å². The molecule has 0 heterocycles. The van der Waals surface area contributed by atoms with E-state index in [1.165, 1.54) is 0 Å². The number of hydrogen-bond donors (Lipinski definition) is 0. The fraction of sp³-hybridized carbons (Fsp3) is 0.400. The van der Waals surface area contributed by atoms with Crippen LogP contribution in [0.1, 0.15) is 22.8 Å². The van der Waals surface area contributed by atoms with Crippen molar-refractivity contribution in [2.75, 3.05) is 14.2 Å². The van der Waals surface area contributed by atoms with Crippen LogP contribution in [0.4, 0.5) is 0 Å². The number of hydrogen-bond acceptors (Lipinski definition) is 4. The summed E-state index contributed by atoms with van der Waals surface area (Å²) in [6.45, 7) is 6.94. The molecule has 0 N–H and O–H groups in total. The molecule has 25 heavy (non-hydrogen) atoms. The minimum absolute atomic E-state index is 0.250. The molecule has 0 aromatic heterocycles. The van der Waals surface area contributed by atoms with Gasteiger partial charge in [0.1, 0.15) is 18.5 Å². The molecule has 1 aliphatic carbocycles. The highest BCUT2D eigenvalue weighted by Crippen LogP contribution is 2.57. The lowest BCUT2D eigenvalue weighted by molar-refractivity contribution is -0.272. The molecule has 2 aromatic rings. The second kappa shape index (κ2) is 6.92. The molecule has 0 bridgehead atoms. The lowest BCUT2D eigenvalue weighted by Crippen LogP contribution is -2.53. The first kappa shape index (κ1) is 18.1. The minimum Gasteiger partial charge on any atom is -0.488 e. The van der Waals surface area contributed by atoms with Gasteiger partial charge in [0.15, 0.2) is 8.32 Å². The first-order valence-corrected chi connectivity index (χ1v) is 11.9. The van der Waals surface area contributed by atoms with Gasteiger partial charge in [-0.3, -0.25) is 0 Å². The van der Waals surface area contributed by atoms with Gasteiger partial charge in [0, 0.05) is 14.2 Å². The van der Waals surface area contributed by atoms with E-state index in [1.807, 2.05) is 36.4 Å². The van der Waals surface area contributed by atoms with E-state index in [0.717, 1.165) is 22.4 Å². The van der Waals surface area contributed by atoms with Crippen LogP contribution in [-0.4, -0.2) is 22.5 Å². The molecule has 0 amide bonds. The van der Waals surface area contributed by atoms with E-state index >= 15 is 0 Å². The van der Waals surface area contributed by atoms with E-state index in [2.05, 4.69) is 31.8 Å². The Morgan fingerprint density at radius 1 is 0.960 bits per heavy atom. The zero-order chi connectivity index (χ0) is 18.1. The van der Waals surface area contributed by atoms with Crippen LogP contribution in [0.3, 0.4) is 0 Å². The van der Waals surface area contributed by atoms with Crippen LogP contribution in [0.25, 0.3) is 0 Å². The zero-order valence-electron chi connectivity index (χ0n) is 15.5. The maximum absolute atomic E-state index is 6.44. The van der Waals surface area contributed by atoms with Gasteiger partial charge in [-0.05, 0) is 36.8 Å². The SMILES string of the molecule is COC1c2cccc(OCc3ccccc3)c2C1(OC)O[Si](C)(C)C. The second-order valence-corrected chi connectivity index (χ2v) is 11.6. The number of ether oxygens (including phenoxy) is 3. The highest BCUT2D eigenvalue weighted by atomic mass is 28.4. The van der Waals surface area contributed by atoms with Gasteiger partial charge in [-0.25, -0.2) is 0 Å². The summed E-state index contributed by atoms with van der Waals surface area (Å²) in [7, 11) is 1.48. The first-order chi connectivity index (χ1) is 11.9. The van der Waals surface area contributed by atoms with Gasteiger partial charge < -0.3 is 18.6 Å². The van der Waals surface area contributed by atoms with Crippen molar-refractivity contribution >= 4 is 8.32 Å². The molecule has 134 valence electrons. The number of benzene rings is 2. The van der Waals surface area contributed by atoms with E-state index in [-0.39, 0.29) is 6.10 Å². The predicted molar refractivity (Wildman–Crippen MR) is 100 cm³/mol. The van der Waals surface area contributed by atoms with E-state index in [4.69, 9.17) is 18.6 Å². The molecule has 2 atom stereocenters. The van der Waals surface area contributed by atoms with Gasteiger partial charge in [0.05, 0.1) is 5.56 Å². The third kappa shape index (κ3) is 3.37. The summed E-state index contributed by atoms with van der Waals surface area (Å²) in [6.07, 6.45) is -0.250. The molecule has 0 saturated heterocycles. The number of fused-ring (bicyclic) bond motifs is 1. The van der Waals surface area contributed by atoms with Crippen LogP contribution in [0.2, 0.25) is 19.6 Å². The highest BCUT2D eigenvalue weighted by Gasteiger charge is 2.58. The molecule has 4 nitrogen and oxygen atoms in total. The van der Waals surface area contributed by atoms with Crippen LogP contribution in [0.5, 0.6) is 5.75 Å². The van der Waals surface area contributed by atoms with Gasteiger partial charge in [-0.1, -0.05) is 42.5 Å². The molecule has 2 unspecified atom stereocenters. The van der Waals surface area contributed by atoms with Gasteiger partial charge in [0.25, 0.3) is 0 Å². The van der Waals surface area contributed by atoms with E-state index < -0.39 is 14.1 Å². The van der Waals surface area contributed by atoms with Crippen molar-refractivity contribution in [3.05, 3.63) is 65.2 Å². The number of methoxy groups -OCH3 is 2. The molecule has 5 heteroatoms. The zero-order valence-corrected chi connectivity index (χ0v) is 16.5. The summed E-state index contributed by atoms with van der Waals surface area (Å²) < 4.78 is 24.1. The van der Waals surface area contributed by atoms with Crippen LogP contribution in [-0.2, 0) is 26.3 Å². The Balaban J connectivity index is 1.94. The Kier molecular flexibility index (Phi) is 5.02. The molecular weight excluding hydrogens is 332 g/mol. The van der Waals surface area contributed by atoms with Crippen molar-refractivity contribution in [1.82, 2.24) is 0 Å². The summed E-state index contributed by atoms with van der Waals surface area (Å²) in [5.74, 6) is -0.114. The van der Waals surface area contributed by atoms with Crippen LogP contribution in [0, 0.1) is 0 Å². The quantitative estimate of drug-likeness (QED) is 0.535. The van der Waals surface area contributed by atoms with Crippen molar-refractivity contribution in [2.24, 2.45) is 0 Å². The molecular formula is C20H26O4Si. The topological polar surface area (TPSA) is 36.9 Å². The average molecular weight is 359 g/mol. The van der Waals surface area contributed by atoms with E-state index in [0.29, 0.717) is 6.61 Å². The maximum atomic E-state index is 6.44. The Labute approximate surface area is 150 Å². The molecule has 0 spiro atoms. The maximum Gasteiger partial charge on any atom is 0.221 e. The van der Waals surface area contributed by atoms with E-state index in [1.54, 1.807) is 14.2 Å². The van der Waals surface area contributed by atoms with Crippen molar-refractivity contribution in [3.8, 4) is 5.75 Å². The Bertz CT molecular complexity index is 726. The van der Waals surface area contributed by atoms with Crippen LogP contribution in [0.15, 0.2) is 48.5 Å². The molecule has 3 rings (SSSR count). The Morgan fingerprint density at radius 2 is 1.68 bits per heavy atom. The Hall–Kier alpha value is -1.66. The normalized spacial score (nSPS) is 22.2. The fourth-order valence-corrected chi connectivity index (χ4v) is 4.55. The lowest BCUT2D eigenvalue weighted by atomic mass is 9.78. The Morgan fingerprint density at radius 3 is 2.28 bits per heavy atom. The summed E-state index contributed by atoms with van der Waals surface area (Å²) in [5, 5.41) is 0. The van der Waals surface area contributed by atoms with Gasteiger partial charge in [-0.2, -0.15) is 0 Å². The molecule has 2 aromatic carbocycles. The first-order valence-electron chi connectivity index (χ1n) is 8.49. The van der Waals surface area contributed by atoms with Crippen LogP contribution < -0.4 is 4.74 Å². The molecule has 0 aliphatic heterocycles. The monoisotopic (exact) mass is 358 g/mol. The molecule has 0 saturated carbocycles. The molecule has 1 aliphatic rings. The minimum atomic E-state index is -1.88. The third-order valence-corrected chi connectivity index (χ3v) is 5.18. The van der Waals surface area contributed by atoms with Crippen LogP contribution >= 0.6 is 0 Å². The average Bonchev–Trinajstić information content (AvgIpc) is 2.58. The number of rotatable bonds is 7. The largest absolute Gasteiger partial charge is 0.488 e. The van der Waals surface area contributed by atoms with Crippen molar-refractivity contribution in [1.29, 1.82) is 0 Å². The third-order valence-electron chi connectivity index (χ3n) is 4.27. The second-order valence-electron chi connectivity index (χ2n) is 7.20. The van der Waals surface area contributed by atoms with Crippen molar-refractivity contribution < 1.29 is 18.6 Å². The smallest absolute Gasteiger partial charge is 0.221 e. The standard InChI is InChI=1S/C20H26O4Si/c1-21-19-16-12-9-13-17(23-14-15-10-7-6-8-11-15)18(16)20(19,22-2)24-25(3,4)5/h6-13,19H,14H2,1-5H3. The summed E-state index contributed by atoms with van der Waals surface area (Å²) in [5.41, 5.74) is 3.13. The lowest BCUT2D eigenvalue weighted by Gasteiger charge is -2.51. The summed E-state index contributed by atoms with van der Waals surface area (Å²) in [4.78, 5) is 0. The summed E-state index contributed by atoms with van der Waals surface area (Å²) >= 11 is 0. The molecule has 0 fully saturated rings. The molecule has 0 radical (unpaired) electrons. The predicted octanol–water partition coefficient (Wildman–Crippen LogP) is 4.62. The van der Waals surface area contributed by atoms with Gasteiger partial charge in [-0.15, -0.1) is 0 Å². The highest BCUT2D eigenvalue weighted by molar-refractivity contribution is 6.69. The van der Waals surface area contributed by atoms with Gasteiger partial charge in [0.2, 0.25) is 5.79 Å². The van der Waals surface area contributed by atoms with E-state index in [9.17, 15) is 0 Å². The van der Waals surface area contributed by atoms with Gasteiger partial charge >= 0.3 is 0 Å². The van der Waals surface area contributed by atoms with Crippen molar-refractivity contribution in [2.45, 2.75) is 38.1 Å². The summed E-state index contributed by atoms with van der Waals surface area (Å²) in [6, 6.07) is 16.1.